The minimum Gasteiger partial charge on any atom is -0.463 e. The molecule has 3 aliphatic rings. The Hall–Kier alpha value is -4.77. The zero-order valence-corrected chi connectivity index (χ0v) is 38.5. The standard InChI is InChI=1S/C38H51IO25/c1-14(40)50-12-25-28(31(54-18(5)44)33(56-20(7)46)36(61-25)59-23(10)49)64-38-35(58-22(9)48)32(55-19(6)45)29(26(62-38)13-51-15(2)41)63-37-34(57-21(8)47)30(53-17(4)43)27(52-16(3)42)24(11-39)60-37/h24-38H,11-13H2,1-10H3/t24-,25-,26-,27-,28-,29-,30+,31+,32+,33-,34-,35-,36-,37-,38-/m1/s1. The summed E-state index contributed by atoms with van der Waals surface area (Å²) in [5, 5.41) is 0. The maximum Gasteiger partial charge on any atom is 0.305 e. The van der Waals surface area contributed by atoms with Crippen LogP contribution in [0.2, 0.25) is 0 Å². The highest BCUT2D eigenvalue weighted by molar-refractivity contribution is 14.1. The Bertz CT molecular complexity index is 1740. The van der Waals surface area contributed by atoms with E-state index in [0.29, 0.717) is 0 Å². The van der Waals surface area contributed by atoms with E-state index < -0.39 is 165 Å². The molecule has 3 rings (SSSR count). The normalized spacial score (nSPS) is 32.3. The molecule has 15 atom stereocenters. The number of halogens is 1. The lowest BCUT2D eigenvalue weighted by Gasteiger charge is -2.50. The fourth-order valence-corrected chi connectivity index (χ4v) is 7.51. The topological polar surface area (TPSA) is 309 Å². The summed E-state index contributed by atoms with van der Waals surface area (Å²) in [5.41, 5.74) is 0. The maximum atomic E-state index is 12.9. The molecule has 0 bridgehead atoms. The summed E-state index contributed by atoms with van der Waals surface area (Å²) < 4.78 is 85.6. The molecule has 0 saturated carbocycles. The van der Waals surface area contributed by atoms with Crippen LogP contribution in [0.3, 0.4) is 0 Å². The molecule has 3 heterocycles. The van der Waals surface area contributed by atoms with Crippen molar-refractivity contribution < 1.29 is 119 Å². The van der Waals surface area contributed by atoms with Gasteiger partial charge >= 0.3 is 59.7 Å². The van der Waals surface area contributed by atoms with Crippen molar-refractivity contribution in [1.82, 2.24) is 0 Å². The predicted octanol–water partition coefficient (Wildman–Crippen LogP) is -0.422. The van der Waals surface area contributed by atoms with Gasteiger partial charge in [0.05, 0.1) is 0 Å². The van der Waals surface area contributed by atoms with Gasteiger partial charge in [-0.3, -0.25) is 47.9 Å². The third kappa shape index (κ3) is 15.7. The Kier molecular flexibility index (Phi) is 20.5. The van der Waals surface area contributed by atoms with E-state index >= 15 is 0 Å². The summed E-state index contributed by atoms with van der Waals surface area (Å²) in [7, 11) is 0. The molecule has 25 nitrogen and oxygen atoms in total. The minimum atomic E-state index is -2.00. The summed E-state index contributed by atoms with van der Waals surface area (Å²) in [6.07, 6.45) is -25.5. The van der Waals surface area contributed by atoms with E-state index in [4.69, 9.17) is 71.1 Å². The van der Waals surface area contributed by atoms with E-state index in [-0.39, 0.29) is 4.43 Å². The Morgan fingerprint density at radius 1 is 0.328 bits per heavy atom. The molecule has 3 aliphatic heterocycles. The third-order valence-corrected chi connectivity index (χ3v) is 9.67. The van der Waals surface area contributed by atoms with Gasteiger partial charge in [0.15, 0.2) is 49.2 Å². The SMILES string of the molecule is CC(=O)OC[C@H]1O[C@@H](OC(C)=O)[C@H](OC(C)=O)[C@@H](OC(C)=O)[C@@H]1O[C@H]1O[C@H](COC(C)=O)[C@@H](O[C@H]2O[C@H](CI)[C@@H](OC(C)=O)[C@H](OC(C)=O)[C@H]2OC(C)=O)[C@H](OC(C)=O)[C@H]1OC(C)=O. The first-order chi connectivity index (χ1) is 29.9. The molecular formula is C38H51IO25. The molecule has 26 heteroatoms. The van der Waals surface area contributed by atoms with Crippen molar-refractivity contribution in [3.05, 3.63) is 0 Å². The Morgan fingerprint density at radius 2 is 0.594 bits per heavy atom. The van der Waals surface area contributed by atoms with Gasteiger partial charge in [0, 0.05) is 73.7 Å². The molecule has 0 N–H and O–H groups in total. The van der Waals surface area contributed by atoms with Crippen LogP contribution in [0.4, 0.5) is 0 Å². The third-order valence-electron chi connectivity index (χ3n) is 8.81. The van der Waals surface area contributed by atoms with Gasteiger partial charge in [-0.25, -0.2) is 0 Å². The van der Waals surface area contributed by atoms with Crippen LogP contribution in [0.15, 0.2) is 0 Å². The molecule has 3 saturated heterocycles. The van der Waals surface area contributed by atoms with Crippen molar-refractivity contribution in [3.8, 4) is 0 Å². The van der Waals surface area contributed by atoms with Crippen LogP contribution < -0.4 is 0 Å². The second kappa shape index (κ2) is 24.5. The average Bonchev–Trinajstić information content (AvgIpc) is 3.15. The number of rotatable bonds is 17. The van der Waals surface area contributed by atoms with E-state index in [9.17, 15) is 47.9 Å². The number of alkyl halides is 1. The summed E-state index contributed by atoms with van der Waals surface area (Å²) in [6.45, 7) is 8.66. The smallest absolute Gasteiger partial charge is 0.305 e. The van der Waals surface area contributed by atoms with Crippen molar-refractivity contribution in [2.45, 2.75) is 161 Å². The van der Waals surface area contributed by atoms with E-state index in [2.05, 4.69) is 0 Å². The average molecular weight is 1030 g/mol. The maximum absolute atomic E-state index is 12.9. The first kappa shape index (κ1) is 53.6. The summed E-state index contributed by atoms with van der Waals surface area (Å²) >= 11 is 1.88. The van der Waals surface area contributed by atoms with Crippen molar-refractivity contribution in [2.24, 2.45) is 0 Å². The number of hydrogen-bond acceptors (Lipinski definition) is 25. The van der Waals surface area contributed by atoms with Crippen molar-refractivity contribution >= 4 is 82.3 Å². The molecule has 0 unspecified atom stereocenters. The highest BCUT2D eigenvalue weighted by atomic mass is 127. The van der Waals surface area contributed by atoms with Crippen LogP contribution in [0.5, 0.6) is 0 Å². The lowest BCUT2D eigenvalue weighted by Crippen LogP contribution is -2.68. The molecule has 64 heavy (non-hydrogen) atoms. The zero-order chi connectivity index (χ0) is 48.2. The first-order valence-corrected chi connectivity index (χ1v) is 20.9. The first-order valence-electron chi connectivity index (χ1n) is 19.4. The van der Waals surface area contributed by atoms with Crippen LogP contribution in [0.25, 0.3) is 0 Å². The predicted molar refractivity (Wildman–Crippen MR) is 209 cm³/mol. The number of esters is 10. The molecule has 0 aliphatic carbocycles. The van der Waals surface area contributed by atoms with Crippen LogP contribution in [0, 0.1) is 0 Å². The van der Waals surface area contributed by atoms with E-state index in [1.165, 1.54) is 0 Å². The van der Waals surface area contributed by atoms with Gasteiger partial charge in [0.1, 0.15) is 43.7 Å². The molecular weight excluding hydrogens is 983 g/mol. The molecule has 0 aromatic heterocycles. The van der Waals surface area contributed by atoms with Gasteiger partial charge < -0.3 is 71.1 Å². The summed E-state index contributed by atoms with van der Waals surface area (Å²) in [5.74, 6) is -9.31. The van der Waals surface area contributed by atoms with E-state index in [1.807, 2.05) is 22.6 Å². The van der Waals surface area contributed by atoms with Gasteiger partial charge in [-0.2, -0.15) is 0 Å². The zero-order valence-electron chi connectivity index (χ0n) is 36.4. The molecule has 360 valence electrons. The van der Waals surface area contributed by atoms with Gasteiger partial charge in [0.2, 0.25) is 12.4 Å². The van der Waals surface area contributed by atoms with Crippen LogP contribution in [0.1, 0.15) is 69.2 Å². The van der Waals surface area contributed by atoms with Crippen molar-refractivity contribution in [1.29, 1.82) is 0 Å². The minimum absolute atomic E-state index is 0.0473. The lowest BCUT2D eigenvalue weighted by atomic mass is 9.95. The Balaban J connectivity index is 2.28. The van der Waals surface area contributed by atoms with Crippen LogP contribution in [-0.2, 0) is 119 Å². The Labute approximate surface area is 379 Å². The number of carbonyl (C=O) groups excluding carboxylic acids is 10. The van der Waals surface area contributed by atoms with Crippen molar-refractivity contribution in [2.75, 3.05) is 17.6 Å². The van der Waals surface area contributed by atoms with Crippen LogP contribution >= 0.6 is 22.6 Å². The molecule has 0 aromatic rings. The highest BCUT2D eigenvalue weighted by Gasteiger charge is 2.60. The number of carbonyl (C=O) groups is 10. The molecule has 0 amide bonds. The van der Waals surface area contributed by atoms with Gasteiger partial charge in [-0.1, -0.05) is 22.6 Å². The van der Waals surface area contributed by atoms with E-state index in [0.717, 1.165) is 69.2 Å². The lowest BCUT2D eigenvalue weighted by molar-refractivity contribution is -0.377. The second-order valence-electron chi connectivity index (χ2n) is 14.2. The number of ether oxygens (including phenoxy) is 15. The van der Waals surface area contributed by atoms with Crippen molar-refractivity contribution in [3.63, 3.8) is 0 Å². The fraction of sp³-hybridized carbons (Fsp3) is 0.737. The fourth-order valence-electron chi connectivity index (χ4n) is 6.80. The molecule has 0 aromatic carbocycles. The highest BCUT2D eigenvalue weighted by Crippen LogP contribution is 2.38. The van der Waals surface area contributed by atoms with Gasteiger partial charge in [-0.15, -0.1) is 0 Å². The summed E-state index contributed by atoms with van der Waals surface area (Å²) in [4.78, 5) is 124. The van der Waals surface area contributed by atoms with Gasteiger partial charge in [0.25, 0.3) is 0 Å². The number of hydrogen-bond donors (Lipinski definition) is 0. The summed E-state index contributed by atoms with van der Waals surface area (Å²) in [6, 6.07) is 0. The van der Waals surface area contributed by atoms with Gasteiger partial charge in [-0.05, 0) is 0 Å². The largest absolute Gasteiger partial charge is 0.463 e. The Morgan fingerprint density at radius 3 is 0.906 bits per heavy atom. The molecule has 0 radical (unpaired) electrons. The molecule has 3 fully saturated rings. The monoisotopic (exact) mass is 1030 g/mol. The molecule has 0 spiro atoms. The second-order valence-corrected chi connectivity index (χ2v) is 15.1. The van der Waals surface area contributed by atoms with E-state index in [1.54, 1.807) is 0 Å². The quantitative estimate of drug-likeness (QED) is 0.0773. The van der Waals surface area contributed by atoms with Crippen LogP contribution in [-0.4, -0.2) is 169 Å².